The molecule has 100 valence electrons. The molecule has 2 aromatic rings. The highest BCUT2D eigenvalue weighted by atomic mass is 35.5. The molecule has 0 aromatic heterocycles. The van der Waals surface area contributed by atoms with Crippen LogP contribution in [0.1, 0.15) is 11.1 Å². The van der Waals surface area contributed by atoms with Crippen LogP contribution in [0.4, 0.5) is 4.39 Å². The predicted molar refractivity (Wildman–Crippen MR) is 72.7 cm³/mol. The molecule has 0 aliphatic rings. The second-order valence-electron chi connectivity index (χ2n) is 4.03. The van der Waals surface area contributed by atoms with Crippen LogP contribution in [-0.4, -0.2) is 6.79 Å². The van der Waals surface area contributed by atoms with Crippen LogP contribution in [0.3, 0.4) is 0 Å². The highest BCUT2D eigenvalue weighted by molar-refractivity contribution is 6.17. The molecule has 2 rings (SSSR count). The molecule has 2 aromatic carbocycles. The van der Waals surface area contributed by atoms with E-state index in [1.807, 2.05) is 30.3 Å². The van der Waals surface area contributed by atoms with Gasteiger partial charge in [-0.1, -0.05) is 30.3 Å². The van der Waals surface area contributed by atoms with Crippen LogP contribution in [0.25, 0.3) is 0 Å². The molecule has 0 fully saturated rings. The second-order valence-corrected chi connectivity index (χ2v) is 4.29. The summed E-state index contributed by atoms with van der Waals surface area (Å²) in [6, 6.07) is 14.1. The van der Waals surface area contributed by atoms with E-state index in [9.17, 15) is 4.39 Å². The van der Waals surface area contributed by atoms with E-state index < -0.39 is 0 Å². The topological polar surface area (TPSA) is 18.5 Å². The number of benzene rings is 2. The Balaban J connectivity index is 1.81. The third-order valence-corrected chi connectivity index (χ3v) is 2.81. The van der Waals surface area contributed by atoms with E-state index in [-0.39, 0.29) is 18.5 Å². The van der Waals surface area contributed by atoms with Crippen molar-refractivity contribution in [1.82, 2.24) is 0 Å². The Hall–Kier alpha value is -1.58. The van der Waals surface area contributed by atoms with E-state index in [1.165, 1.54) is 12.1 Å². The molecule has 0 unspecified atom stereocenters. The minimum Gasteiger partial charge on any atom is -0.467 e. The van der Waals surface area contributed by atoms with E-state index in [4.69, 9.17) is 21.1 Å². The van der Waals surface area contributed by atoms with Crippen molar-refractivity contribution in [3.8, 4) is 5.75 Å². The van der Waals surface area contributed by atoms with E-state index in [2.05, 4.69) is 0 Å². The van der Waals surface area contributed by atoms with Gasteiger partial charge in [-0.05, 0) is 23.3 Å². The van der Waals surface area contributed by atoms with Crippen LogP contribution in [-0.2, 0) is 17.2 Å². The molecule has 2 nitrogen and oxygen atoms in total. The number of halogens is 2. The fourth-order valence-corrected chi connectivity index (χ4v) is 1.78. The molecule has 19 heavy (non-hydrogen) atoms. The van der Waals surface area contributed by atoms with Crippen molar-refractivity contribution in [3.63, 3.8) is 0 Å². The summed E-state index contributed by atoms with van der Waals surface area (Å²) in [5.74, 6) is 0.304. The van der Waals surface area contributed by atoms with E-state index >= 15 is 0 Å². The van der Waals surface area contributed by atoms with Gasteiger partial charge in [0.1, 0.15) is 11.6 Å². The van der Waals surface area contributed by atoms with Crippen LogP contribution in [0.15, 0.2) is 48.5 Å². The highest BCUT2D eigenvalue weighted by Crippen LogP contribution is 2.18. The van der Waals surface area contributed by atoms with E-state index in [0.29, 0.717) is 17.9 Å². The molecule has 4 heteroatoms. The summed E-state index contributed by atoms with van der Waals surface area (Å²) in [5, 5.41) is 0. The Morgan fingerprint density at radius 1 is 1.00 bits per heavy atom. The predicted octanol–water partition coefficient (Wildman–Crippen LogP) is 4.12. The zero-order chi connectivity index (χ0) is 13.5. The lowest BCUT2D eigenvalue weighted by atomic mass is 10.2. The molecule has 0 spiro atoms. The molecule has 0 radical (unpaired) electrons. The van der Waals surface area contributed by atoms with Crippen molar-refractivity contribution in [2.45, 2.75) is 12.5 Å². The second kappa shape index (κ2) is 7.12. The average Bonchev–Trinajstić information content (AvgIpc) is 2.44. The van der Waals surface area contributed by atoms with Crippen molar-refractivity contribution in [1.29, 1.82) is 0 Å². The lowest BCUT2D eigenvalue weighted by Crippen LogP contribution is -2.03. The summed E-state index contributed by atoms with van der Waals surface area (Å²) in [7, 11) is 0. The van der Waals surface area contributed by atoms with Gasteiger partial charge >= 0.3 is 0 Å². The Bertz CT molecular complexity index is 517. The van der Waals surface area contributed by atoms with Gasteiger partial charge in [0.2, 0.25) is 0 Å². The minimum atomic E-state index is -0.365. The van der Waals surface area contributed by atoms with Crippen molar-refractivity contribution in [2.75, 3.05) is 6.79 Å². The van der Waals surface area contributed by atoms with Gasteiger partial charge in [-0.15, -0.1) is 11.6 Å². The van der Waals surface area contributed by atoms with E-state index in [0.717, 1.165) is 5.56 Å². The monoisotopic (exact) mass is 280 g/mol. The van der Waals surface area contributed by atoms with Gasteiger partial charge in [0, 0.05) is 11.9 Å². The van der Waals surface area contributed by atoms with Crippen molar-refractivity contribution in [3.05, 3.63) is 65.5 Å². The maximum atomic E-state index is 13.2. The van der Waals surface area contributed by atoms with Crippen LogP contribution in [0.2, 0.25) is 0 Å². The third-order valence-electron chi connectivity index (χ3n) is 2.51. The number of hydrogen-bond donors (Lipinski definition) is 0. The summed E-state index contributed by atoms with van der Waals surface area (Å²) < 4.78 is 23.9. The van der Waals surface area contributed by atoms with Crippen molar-refractivity contribution >= 4 is 11.6 Å². The van der Waals surface area contributed by atoms with Crippen LogP contribution < -0.4 is 4.74 Å². The largest absolute Gasteiger partial charge is 0.467 e. The SMILES string of the molecule is Fc1cc(CCl)cc(OCOCc2ccccc2)c1. The lowest BCUT2D eigenvalue weighted by Gasteiger charge is -2.08. The number of hydrogen-bond acceptors (Lipinski definition) is 2. The Kier molecular flexibility index (Phi) is 5.19. The zero-order valence-corrected chi connectivity index (χ0v) is 11.1. The quantitative estimate of drug-likeness (QED) is 0.450. The number of ether oxygens (including phenoxy) is 2. The first-order valence-electron chi connectivity index (χ1n) is 5.88. The molecule has 0 N–H and O–H groups in total. The molecular formula is C15H14ClFO2. The molecule has 0 saturated heterocycles. The van der Waals surface area contributed by atoms with Gasteiger partial charge in [0.25, 0.3) is 0 Å². The van der Waals surface area contributed by atoms with Gasteiger partial charge in [-0.3, -0.25) is 0 Å². The fourth-order valence-electron chi connectivity index (χ4n) is 1.62. The molecule has 0 bridgehead atoms. The smallest absolute Gasteiger partial charge is 0.189 e. The van der Waals surface area contributed by atoms with Gasteiger partial charge in [-0.2, -0.15) is 0 Å². The average molecular weight is 281 g/mol. The molecule has 0 aliphatic heterocycles. The van der Waals surface area contributed by atoms with Crippen LogP contribution >= 0.6 is 11.6 Å². The van der Waals surface area contributed by atoms with Gasteiger partial charge in [0.05, 0.1) is 6.61 Å². The molecule has 0 aliphatic carbocycles. The molecule has 0 amide bonds. The first kappa shape index (κ1) is 13.8. The summed E-state index contributed by atoms with van der Waals surface area (Å²) in [4.78, 5) is 0. The van der Waals surface area contributed by atoms with Gasteiger partial charge in [0.15, 0.2) is 6.79 Å². The summed E-state index contributed by atoms with van der Waals surface area (Å²) >= 11 is 5.66. The van der Waals surface area contributed by atoms with Crippen molar-refractivity contribution < 1.29 is 13.9 Å². The standard InChI is InChI=1S/C15H14ClFO2/c16-9-13-6-14(17)8-15(7-13)19-11-18-10-12-4-2-1-3-5-12/h1-8H,9-11H2. The molecule has 0 atom stereocenters. The Morgan fingerprint density at radius 3 is 2.53 bits per heavy atom. The minimum absolute atomic E-state index is 0.0695. The zero-order valence-electron chi connectivity index (χ0n) is 10.3. The maximum absolute atomic E-state index is 13.2. The highest BCUT2D eigenvalue weighted by Gasteiger charge is 2.01. The van der Waals surface area contributed by atoms with Crippen LogP contribution in [0, 0.1) is 5.82 Å². The first-order chi connectivity index (χ1) is 9.28. The number of alkyl halides is 1. The molecular weight excluding hydrogens is 267 g/mol. The molecule has 0 saturated carbocycles. The summed E-state index contributed by atoms with van der Waals surface area (Å²) in [6.07, 6.45) is 0. The third kappa shape index (κ3) is 4.54. The first-order valence-corrected chi connectivity index (χ1v) is 6.41. The Morgan fingerprint density at radius 2 is 1.79 bits per heavy atom. The Labute approximate surface area is 116 Å². The van der Waals surface area contributed by atoms with Gasteiger partial charge < -0.3 is 9.47 Å². The summed E-state index contributed by atoms with van der Waals surface area (Å²) in [6.45, 7) is 0.526. The molecule has 0 heterocycles. The van der Waals surface area contributed by atoms with Crippen molar-refractivity contribution in [2.24, 2.45) is 0 Å². The van der Waals surface area contributed by atoms with Crippen LogP contribution in [0.5, 0.6) is 5.75 Å². The summed E-state index contributed by atoms with van der Waals surface area (Å²) in [5.41, 5.74) is 1.74. The lowest BCUT2D eigenvalue weighted by molar-refractivity contribution is 0.00487. The van der Waals surface area contributed by atoms with E-state index in [1.54, 1.807) is 6.07 Å². The normalized spacial score (nSPS) is 10.4. The maximum Gasteiger partial charge on any atom is 0.189 e. The number of rotatable bonds is 6. The van der Waals surface area contributed by atoms with Gasteiger partial charge in [-0.25, -0.2) is 4.39 Å². The fraction of sp³-hybridized carbons (Fsp3) is 0.200.